The third-order valence-electron chi connectivity index (χ3n) is 5.23. The molecule has 0 spiro atoms. The van der Waals surface area contributed by atoms with Crippen molar-refractivity contribution in [1.29, 1.82) is 0 Å². The molecule has 0 saturated carbocycles. The number of unbranched alkanes of at least 4 members (excludes halogenated alkanes) is 12. The van der Waals surface area contributed by atoms with Crippen molar-refractivity contribution >= 4 is 11.6 Å². The predicted molar refractivity (Wildman–Crippen MR) is 107 cm³/mol. The van der Waals surface area contributed by atoms with Gasteiger partial charge in [0.05, 0.1) is 32.6 Å². The van der Waals surface area contributed by atoms with E-state index in [1.807, 2.05) is 0 Å². The SMILES string of the molecule is CCCCCCCCC[N+](C)(CCCl)CCCCCCCCC.[I-]. The molecule has 0 heterocycles. The summed E-state index contributed by atoms with van der Waals surface area (Å²) in [5.41, 5.74) is 0. The maximum absolute atomic E-state index is 6.06. The van der Waals surface area contributed by atoms with Crippen LogP contribution in [-0.2, 0) is 0 Å². The van der Waals surface area contributed by atoms with E-state index in [4.69, 9.17) is 11.6 Å². The lowest BCUT2D eigenvalue weighted by molar-refractivity contribution is -0.907. The summed E-state index contributed by atoms with van der Waals surface area (Å²) >= 11 is 6.06. The van der Waals surface area contributed by atoms with Gasteiger partial charge in [-0.2, -0.15) is 0 Å². The highest BCUT2D eigenvalue weighted by atomic mass is 127. The van der Waals surface area contributed by atoms with Gasteiger partial charge in [-0.25, -0.2) is 0 Å². The molecule has 0 fully saturated rings. The first kappa shape index (κ1) is 27.2. The van der Waals surface area contributed by atoms with Gasteiger partial charge in [-0.1, -0.05) is 78.1 Å². The largest absolute Gasteiger partial charge is 1.00 e. The van der Waals surface area contributed by atoms with E-state index in [1.165, 1.54) is 107 Å². The van der Waals surface area contributed by atoms with E-state index in [0.717, 1.165) is 12.4 Å². The van der Waals surface area contributed by atoms with Crippen molar-refractivity contribution in [2.75, 3.05) is 32.6 Å². The van der Waals surface area contributed by atoms with Crippen molar-refractivity contribution in [2.45, 2.75) is 104 Å². The average molecular weight is 474 g/mol. The van der Waals surface area contributed by atoms with Crippen molar-refractivity contribution in [2.24, 2.45) is 0 Å². The van der Waals surface area contributed by atoms with Crippen LogP contribution in [0.5, 0.6) is 0 Å². The summed E-state index contributed by atoms with van der Waals surface area (Å²) < 4.78 is 1.20. The lowest BCUT2D eigenvalue weighted by atomic mass is 10.1. The van der Waals surface area contributed by atoms with Gasteiger partial charge < -0.3 is 28.5 Å². The monoisotopic (exact) mass is 473 g/mol. The Labute approximate surface area is 175 Å². The topological polar surface area (TPSA) is 0 Å². The summed E-state index contributed by atoms with van der Waals surface area (Å²) in [4.78, 5) is 0. The average Bonchev–Trinajstić information content (AvgIpc) is 2.53. The fraction of sp³-hybridized carbons (Fsp3) is 1.00. The van der Waals surface area contributed by atoms with Gasteiger partial charge in [0.1, 0.15) is 0 Å². The number of halogens is 2. The van der Waals surface area contributed by atoms with Gasteiger partial charge in [-0.3, -0.25) is 0 Å². The zero-order chi connectivity index (χ0) is 17.2. The van der Waals surface area contributed by atoms with E-state index in [2.05, 4.69) is 20.9 Å². The predicted octanol–water partition coefficient (Wildman–Crippen LogP) is 4.18. The van der Waals surface area contributed by atoms with Crippen molar-refractivity contribution < 1.29 is 28.5 Å². The van der Waals surface area contributed by atoms with Crippen molar-refractivity contribution in [3.63, 3.8) is 0 Å². The minimum absolute atomic E-state index is 0. The number of hydrogen-bond donors (Lipinski definition) is 0. The van der Waals surface area contributed by atoms with Gasteiger partial charge >= 0.3 is 0 Å². The Bertz CT molecular complexity index is 218. The van der Waals surface area contributed by atoms with Gasteiger partial charge in [0.15, 0.2) is 0 Å². The molecule has 0 aliphatic carbocycles. The van der Waals surface area contributed by atoms with Crippen LogP contribution in [0, 0.1) is 0 Å². The molecule has 0 amide bonds. The third kappa shape index (κ3) is 17.8. The molecule has 148 valence electrons. The minimum atomic E-state index is 0. The molecule has 3 heteroatoms. The molecule has 0 aromatic heterocycles. The van der Waals surface area contributed by atoms with E-state index in [-0.39, 0.29) is 24.0 Å². The molecule has 1 nitrogen and oxygen atoms in total. The minimum Gasteiger partial charge on any atom is -1.00 e. The second-order valence-corrected chi connectivity index (χ2v) is 8.10. The normalized spacial score (nSPS) is 11.5. The number of alkyl halides is 1. The zero-order valence-electron chi connectivity index (χ0n) is 16.9. The molecule has 0 aromatic rings. The van der Waals surface area contributed by atoms with E-state index >= 15 is 0 Å². The van der Waals surface area contributed by atoms with Crippen molar-refractivity contribution in [1.82, 2.24) is 0 Å². The number of hydrogen-bond acceptors (Lipinski definition) is 0. The van der Waals surface area contributed by atoms with Gasteiger partial charge in [-0.15, -0.1) is 11.6 Å². The quantitative estimate of drug-likeness (QED) is 0.121. The highest BCUT2D eigenvalue weighted by Crippen LogP contribution is 2.14. The zero-order valence-corrected chi connectivity index (χ0v) is 19.8. The number of quaternary nitrogens is 1. The van der Waals surface area contributed by atoms with Crippen LogP contribution in [0.15, 0.2) is 0 Å². The third-order valence-corrected chi connectivity index (χ3v) is 5.40. The highest BCUT2D eigenvalue weighted by molar-refractivity contribution is 6.17. The molecule has 0 rings (SSSR count). The van der Waals surface area contributed by atoms with Crippen LogP contribution in [-0.4, -0.2) is 37.0 Å². The van der Waals surface area contributed by atoms with Gasteiger partial charge in [-0.05, 0) is 25.7 Å². The Morgan fingerprint density at radius 2 is 0.875 bits per heavy atom. The molecule has 0 N–H and O–H groups in total. The summed E-state index contributed by atoms with van der Waals surface area (Å²) in [5.74, 6) is 0.809. The van der Waals surface area contributed by atoms with Crippen LogP contribution >= 0.6 is 11.6 Å². The Balaban J connectivity index is 0. The molecule has 0 aromatic carbocycles. The van der Waals surface area contributed by atoms with E-state index in [0.29, 0.717) is 0 Å². The molecule has 0 atom stereocenters. The van der Waals surface area contributed by atoms with E-state index in [1.54, 1.807) is 0 Å². The second-order valence-electron chi connectivity index (χ2n) is 7.72. The summed E-state index contributed by atoms with van der Waals surface area (Å²) in [6, 6.07) is 0. The van der Waals surface area contributed by atoms with Gasteiger partial charge in [0, 0.05) is 0 Å². The first-order chi connectivity index (χ1) is 11.2. The summed E-state index contributed by atoms with van der Waals surface area (Å²) in [5, 5.41) is 0. The highest BCUT2D eigenvalue weighted by Gasteiger charge is 2.19. The number of rotatable bonds is 18. The van der Waals surface area contributed by atoms with Gasteiger partial charge in [0.2, 0.25) is 0 Å². The standard InChI is InChI=1S/C21H45ClN.HI/c1-4-6-8-10-12-14-16-19-23(3,21-18-22)20-17-15-13-11-9-7-5-2;/h4-21H2,1-3H3;1H/q+1;/p-1. The van der Waals surface area contributed by atoms with E-state index < -0.39 is 0 Å². The molecule has 0 saturated heterocycles. The molecule has 24 heavy (non-hydrogen) atoms. The van der Waals surface area contributed by atoms with Crippen molar-refractivity contribution in [3.8, 4) is 0 Å². The van der Waals surface area contributed by atoms with Crippen LogP contribution in [0.25, 0.3) is 0 Å². The molecule has 0 bridgehead atoms. The first-order valence-corrected chi connectivity index (χ1v) is 11.1. The van der Waals surface area contributed by atoms with Crippen molar-refractivity contribution in [3.05, 3.63) is 0 Å². The second kappa shape index (κ2) is 20.3. The summed E-state index contributed by atoms with van der Waals surface area (Å²) in [6.45, 7) is 8.39. The molecule has 0 unspecified atom stereocenters. The maximum Gasteiger partial charge on any atom is 0.0922 e. The van der Waals surface area contributed by atoms with Gasteiger partial charge in [0.25, 0.3) is 0 Å². The molecule has 0 aliphatic heterocycles. The summed E-state index contributed by atoms with van der Waals surface area (Å²) in [6.07, 6.45) is 19.7. The molecule has 0 radical (unpaired) electrons. The molecule has 0 aliphatic rings. The summed E-state index contributed by atoms with van der Waals surface area (Å²) in [7, 11) is 2.43. The Hall–Kier alpha value is 0.980. The fourth-order valence-corrected chi connectivity index (χ4v) is 3.85. The Morgan fingerprint density at radius 1 is 0.542 bits per heavy atom. The molecular formula is C21H45ClIN. The lowest BCUT2D eigenvalue weighted by Crippen LogP contribution is -3.00. The van der Waals surface area contributed by atoms with Crippen LogP contribution in [0.3, 0.4) is 0 Å². The van der Waals surface area contributed by atoms with Crippen LogP contribution in [0.1, 0.15) is 104 Å². The fourth-order valence-electron chi connectivity index (χ4n) is 3.44. The molecular weight excluding hydrogens is 429 g/mol. The Morgan fingerprint density at radius 3 is 1.21 bits per heavy atom. The van der Waals surface area contributed by atoms with E-state index in [9.17, 15) is 0 Å². The maximum atomic E-state index is 6.06. The number of nitrogens with zero attached hydrogens (tertiary/aromatic N) is 1. The van der Waals surface area contributed by atoms with Crippen LogP contribution in [0.2, 0.25) is 0 Å². The first-order valence-electron chi connectivity index (χ1n) is 10.6. The Kier molecular flexibility index (Phi) is 23.0. The van der Waals surface area contributed by atoms with Crippen LogP contribution in [0.4, 0.5) is 0 Å². The lowest BCUT2D eigenvalue weighted by Gasteiger charge is -2.34. The van der Waals surface area contributed by atoms with Crippen LogP contribution < -0.4 is 24.0 Å². The smallest absolute Gasteiger partial charge is 0.0922 e.